The van der Waals surface area contributed by atoms with Gasteiger partial charge in [-0.3, -0.25) is 4.90 Å². The molecule has 2 heterocycles. The van der Waals surface area contributed by atoms with Crippen molar-refractivity contribution in [3.05, 3.63) is 84.4 Å². The number of benzene rings is 2. The molecule has 6 heteroatoms. The third-order valence-corrected chi connectivity index (χ3v) is 5.25. The molecule has 3 aromatic rings. The van der Waals surface area contributed by atoms with Gasteiger partial charge in [0.2, 0.25) is 0 Å². The predicted molar refractivity (Wildman–Crippen MR) is 113 cm³/mol. The Bertz CT molecular complexity index is 932. The molecule has 29 heavy (non-hydrogen) atoms. The molecule has 0 saturated carbocycles. The minimum atomic E-state index is -0.207. The van der Waals surface area contributed by atoms with Crippen LogP contribution in [0.15, 0.2) is 73.1 Å². The minimum Gasteiger partial charge on any atom is -0.335 e. The lowest BCUT2D eigenvalue weighted by molar-refractivity contribution is 0.190. The first-order valence-electron chi connectivity index (χ1n) is 9.93. The molecule has 1 aliphatic heterocycles. The standard InChI is InChI=1S/C23H25FN4O/c24-19-8-6-18(7-9-19)17-27-14-10-20(11-15-27)25-23(29)26-21-4-3-5-22(16-21)28-12-1-2-13-28/h1-9,12-13,16,20H,10-11,14-15,17H2,(H2,25,26,29). The number of halogens is 1. The van der Waals surface area contributed by atoms with E-state index in [4.69, 9.17) is 0 Å². The molecule has 0 unspecified atom stereocenters. The van der Waals surface area contributed by atoms with Gasteiger partial charge < -0.3 is 15.2 Å². The molecule has 5 nitrogen and oxygen atoms in total. The van der Waals surface area contributed by atoms with Crippen molar-refractivity contribution in [1.29, 1.82) is 0 Å². The van der Waals surface area contributed by atoms with E-state index in [0.717, 1.165) is 49.4 Å². The van der Waals surface area contributed by atoms with Crippen LogP contribution in [0.1, 0.15) is 18.4 Å². The maximum Gasteiger partial charge on any atom is 0.319 e. The second-order valence-corrected chi connectivity index (χ2v) is 7.42. The van der Waals surface area contributed by atoms with E-state index in [9.17, 15) is 9.18 Å². The summed E-state index contributed by atoms with van der Waals surface area (Å²) in [4.78, 5) is 14.7. The highest BCUT2D eigenvalue weighted by Gasteiger charge is 2.20. The quantitative estimate of drug-likeness (QED) is 0.676. The van der Waals surface area contributed by atoms with E-state index < -0.39 is 0 Å². The van der Waals surface area contributed by atoms with Gasteiger partial charge >= 0.3 is 6.03 Å². The summed E-state index contributed by atoms with van der Waals surface area (Å²) < 4.78 is 15.0. The van der Waals surface area contributed by atoms with Crippen LogP contribution in [0.25, 0.3) is 5.69 Å². The summed E-state index contributed by atoms with van der Waals surface area (Å²) in [6.07, 6.45) is 5.74. The molecule has 150 valence electrons. The maximum atomic E-state index is 13.0. The Morgan fingerprint density at radius 2 is 1.72 bits per heavy atom. The van der Waals surface area contributed by atoms with E-state index in [1.165, 1.54) is 12.1 Å². The fourth-order valence-corrected chi connectivity index (χ4v) is 3.69. The molecular formula is C23H25FN4O. The monoisotopic (exact) mass is 392 g/mol. The average molecular weight is 392 g/mol. The highest BCUT2D eigenvalue weighted by atomic mass is 19.1. The Labute approximate surface area is 170 Å². The van der Waals surface area contributed by atoms with Gasteiger partial charge in [-0.15, -0.1) is 0 Å². The van der Waals surface area contributed by atoms with Crippen LogP contribution in [0.5, 0.6) is 0 Å². The zero-order valence-corrected chi connectivity index (χ0v) is 16.2. The van der Waals surface area contributed by atoms with Crippen molar-refractivity contribution in [2.75, 3.05) is 18.4 Å². The van der Waals surface area contributed by atoms with Gasteiger partial charge in [-0.05, 0) is 60.9 Å². The number of rotatable bonds is 5. The fraction of sp³-hybridized carbons (Fsp3) is 0.261. The predicted octanol–water partition coefficient (Wildman–Crippen LogP) is 4.40. The third kappa shape index (κ3) is 5.23. The van der Waals surface area contributed by atoms with E-state index in [0.29, 0.717) is 0 Å². The van der Waals surface area contributed by atoms with Crippen molar-refractivity contribution in [3.8, 4) is 5.69 Å². The lowest BCUT2D eigenvalue weighted by Gasteiger charge is -2.32. The van der Waals surface area contributed by atoms with Gasteiger partial charge in [0.1, 0.15) is 5.82 Å². The SMILES string of the molecule is O=C(Nc1cccc(-n2cccc2)c1)NC1CCN(Cc2ccc(F)cc2)CC1. The summed E-state index contributed by atoms with van der Waals surface area (Å²) >= 11 is 0. The van der Waals surface area contributed by atoms with Gasteiger partial charge in [-0.1, -0.05) is 18.2 Å². The summed E-state index contributed by atoms with van der Waals surface area (Å²) in [5, 5.41) is 6.02. The number of hydrogen-bond acceptors (Lipinski definition) is 2. The van der Waals surface area contributed by atoms with Gasteiger partial charge in [-0.2, -0.15) is 0 Å². The number of nitrogens with one attached hydrogen (secondary N) is 2. The molecule has 0 bridgehead atoms. The minimum absolute atomic E-state index is 0.159. The third-order valence-electron chi connectivity index (χ3n) is 5.25. The number of piperidine rings is 1. The number of likely N-dealkylation sites (tertiary alicyclic amines) is 1. The fourth-order valence-electron chi connectivity index (χ4n) is 3.69. The summed E-state index contributed by atoms with van der Waals surface area (Å²) in [5.41, 5.74) is 2.88. The van der Waals surface area contributed by atoms with Crippen molar-refractivity contribution in [1.82, 2.24) is 14.8 Å². The van der Waals surface area contributed by atoms with Crippen LogP contribution in [-0.2, 0) is 6.54 Å². The number of carbonyl (C=O) groups excluding carboxylic acids is 1. The number of aromatic nitrogens is 1. The van der Waals surface area contributed by atoms with Crippen molar-refractivity contribution in [3.63, 3.8) is 0 Å². The van der Waals surface area contributed by atoms with Crippen molar-refractivity contribution in [2.45, 2.75) is 25.4 Å². The number of nitrogens with zero attached hydrogens (tertiary/aromatic N) is 2. The van der Waals surface area contributed by atoms with Crippen LogP contribution in [0.4, 0.5) is 14.9 Å². The van der Waals surface area contributed by atoms with E-state index in [1.54, 1.807) is 0 Å². The molecule has 0 atom stereocenters. The zero-order chi connectivity index (χ0) is 20.1. The maximum absolute atomic E-state index is 13.0. The molecule has 0 radical (unpaired) electrons. The number of hydrogen-bond donors (Lipinski definition) is 2. The average Bonchev–Trinajstić information content (AvgIpc) is 3.26. The first-order valence-corrected chi connectivity index (χ1v) is 9.93. The van der Waals surface area contributed by atoms with Crippen LogP contribution in [-0.4, -0.2) is 34.6 Å². The molecule has 2 amide bonds. The smallest absolute Gasteiger partial charge is 0.319 e. The van der Waals surface area contributed by atoms with E-state index >= 15 is 0 Å². The molecule has 0 spiro atoms. The van der Waals surface area contributed by atoms with Crippen LogP contribution in [0, 0.1) is 5.82 Å². The van der Waals surface area contributed by atoms with Gasteiger partial charge in [-0.25, -0.2) is 9.18 Å². The molecule has 1 fully saturated rings. The van der Waals surface area contributed by atoms with Crippen LogP contribution in [0.2, 0.25) is 0 Å². The Kier molecular flexibility index (Phi) is 5.91. The number of urea groups is 1. The summed E-state index contributed by atoms with van der Waals surface area (Å²) in [6.45, 7) is 2.63. The molecule has 1 saturated heterocycles. The number of anilines is 1. The largest absolute Gasteiger partial charge is 0.335 e. The van der Waals surface area contributed by atoms with Gasteiger partial charge in [0.15, 0.2) is 0 Å². The van der Waals surface area contributed by atoms with Gasteiger partial charge in [0.05, 0.1) is 0 Å². The second-order valence-electron chi connectivity index (χ2n) is 7.42. The number of amides is 2. The van der Waals surface area contributed by atoms with Crippen molar-refractivity contribution < 1.29 is 9.18 Å². The topological polar surface area (TPSA) is 49.3 Å². The Balaban J connectivity index is 1.25. The highest BCUT2D eigenvalue weighted by molar-refractivity contribution is 5.89. The summed E-state index contributed by atoms with van der Waals surface area (Å²) in [7, 11) is 0. The second kappa shape index (κ2) is 8.92. The molecule has 2 N–H and O–H groups in total. The molecule has 1 aliphatic rings. The molecule has 1 aromatic heterocycles. The van der Waals surface area contributed by atoms with Crippen LogP contribution < -0.4 is 10.6 Å². The van der Waals surface area contributed by atoms with Gasteiger partial charge in [0, 0.05) is 49.4 Å². The lowest BCUT2D eigenvalue weighted by atomic mass is 10.0. The molecule has 0 aliphatic carbocycles. The Morgan fingerprint density at radius 3 is 2.45 bits per heavy atom. The van der Waals surface area contributed by atoms with E-state index in [-0.39, 0.29) is 17.9 Å². The van der Waals surface area contributed by atoms with Gasteiger partial charge in [0.25, 0.3) is 0 Å². The van der Waals surface area contributed by atoms with Crippen molar-refractivity contribution >= 4 is 11.7 Å². The van der Waals surface area contributed by atoms with Crippen LogP contribution in [0.3, 0.4) is 0 Å². The first kappa shape index (κ1) is 19.2. The Morgan fingerprint density at radius 1 is 1.00 bits per heavy atom. The summed E-state index contributed by atoms with van der Waals surface area (Å²) in [6, 6.07) is 18.3. The summed E-state index contributed by atoms with van der Waals surface area (Å²) in [5.74, 6) is -0.207. The van der Waals surface area contributed by atoms with Crippen molar-refractivity contribution in [2.24, 2.45) is 0 Å². The Hall–Kier alpha value is -3.12. The number of carbonyl (C=O) groups is 1. The van der Waals surface area contributed by atoms with E-state index in [2.05, 4.69) is 15.5 Å². The van der Waals surface area contributed by atoms with Crippen LogP contribution >= 0.6 is 0 Å². The first-order chi connectivity index (χ1) is 14.2. The highest BCUT2D eigenvalue weighted by Crippen LogP contribution is 2.17. The molecular weight excluding hydrogens is 367 g/mol. The molecule has 2 aromatic carbocycles. The lowest BCUT2D eigenvalue weighted by Crippen LogP contribution is -2.45. The van der Waals surface area contributed by atoms with E-state index in [1.807, 2.05) is 65.5 Å². The normalized spacial score (nSPS) is 15.2. The molecule has 4 rings (SSSR count). The zero-order valence-electron chi connectivity index (χ0n) is 16.2.